The van der Waals surface area contributed by atoms with Crippen molar-refractivity contribution in [1.82, 2.24) is 10.3 Å². The fraction of sp³-hybridized carbons (Fsp3) is 0.211. The lowest BCUT2D eigenvalue weighted by Crippen LogP contribution is -2.18. The lowest BCUT2D eigenvalue weighted by Gasteiger charge is -2.15. The van der Waals surface area contributed by atoms with E-state index in [9.17, 15) is 8.78 Å². The highest BCUT2D eigenvalue weighted by Gasteiger charge is 2.11. The van der Waals surface area contributed by atoms with Crippen molar-refractivity contribution in [3.05, 3.63) is 70.4 Å². The predicted octanol–water partition coefficient (Wildman–Crippen LogP) is 5.74. The Labute approximate surface area is 154 Å². The van der Waals surface area contributed by atoms with Crippen molar-refractivity contribution in [3.63, 3.8) is 0 Å². The van der Waals surface area contributed by atoms with Crippen molar-refractivity contribution in [3.8, 4) is 0 Å². The Bertz CT molecular complexity index is 917. The molecule has 6 heteroatoms. The van der Waals surface area contributed by atoms with Crippen LogP contribution in [-0.2, 0) is 6.54 Å². The first-order valence-corrected chi connectivity index (χ1v) is 9.39. The quantitative estimate of drug-likeness (QED) is 0.452. The minimum absolute atomic E-state index is 0.152. The molecule has 1 N–H and O–H groups in total. The van der Waals surface area contributed by atoms with Crippen molar-refractivity contribution >= 4 is 34.3 Å². The number of pyridine rings is 1. The molecule has 2 aromatic carbocycles. The van der Waals surface area contributed by atoms with Crippen molar-refractivity contribution in [1.29, 1.82) is 0 Å². The Balaban J connectivity index is 1.78. The summed E-state index contributed by atoms with van der Waals surface area (Å²) in [5, 5.41) is 4.73. The van der Waals surface area contributed by atoms with E-state index in [2.05, 4.69) is 10.3 Å². The molecule has 0 bridgehead atoms. The normalized spacial score (nSPS) is 12.5. The van der Waals surface area contributed by atoms with Crippen LogP contribution in [0.25, 0.3) is 10.9 Å². The average molecular weight is 379 g/mol. The minimum Gasteiger partial charge on any atom is -0.306 e. The third-order valence-corrected chi connectivity index (χ3v) is 5.15. The highest BCUT2D eigenvalue weighted by molar-refractivity contribution is 7.98. The van der Waals surface area contributed by atoms with Crippen LogP contribution in [0, 0.1) is 11.6 Å². The number of fused-ring (bicyclic) bond motifs is 1. The second-order valence-electron chi connectivity index (χ2n) is 5.77. The van der Waals surface area contributed by atoms with E-state index in [1.54, 1.807) is 17.8 Å². The van der Waals surface area contributed by atoms with Gasteiger partial charge in [0.15, 0.2) is 11.6 Å². The lowest BCUT2D eigenvalue weighted by atomic mass is 10.1. The molecule has 0 amide bonds. The first-order chi connectivity index (χ1) is 12.0. The molecular weight excluding hydrogens is 362 g/mol. The summed E-state index contributed by atoms with van der Waals surface area (Å²) in [5.41, 5.74) is 2.39. The molecular formula is C19H17ClF2N2S. The van der Waals surface area contributed by atoms with E-state index in [1.165, 1.54) is 6.07 Å². The fourth-order valence-corrected chi connectivity index (χ4v) is 3.23. The van der Waals surface area contributed by atoms with Gasteiger partial charge >= 0.3 is 0 Å². The van der Waals surface area contributed by atoms with Crippen molar-refractivity contribution in [2.45, 2.75) is 24.4 Å². The summed E-state index contributed by atoms with van der Waals surface area (Å²) in [6.07, 6.45) is 2.01. The SMILES string of the molecule is CSc1ccc2cc(CN[C@H](C)c3ccc(F)c(F)c3)c(Cl)nc2c1. The van der Waals surface area contributed by atoms with Crippen LogP contribution in [0.15, 0.2) is 47.4 Å². The van der Waals surface area contributed by atoms with Crippen molar-refractivity contribution in [2.75, 3.05) is 6.26 Å². The summed E-state index contributed by atoms with van der Waals surface area (Å²) in [6, 6.07) is 11.8. The van der Waals surface area contributed by atoms with E-state index in [0.717, 1.165) is 27.4 Å². The van der Waals surface area contributed by atoms with Crippen LogP contribution in [0.1, 0.15) is 24.1 Å². The van der Waals surface area contributed by atoms with Gasteiger partial charge in [0.2, 0.25) is 0 Å². The first kappa shape index (κ1) is 18.1. The highest BCUT2D eigenvalue weighted by atomic mass is 35.5. The molecule has 3 rings (SSSR count). The molecule has 0 spiro atoms. The minimum atomic E-state index is -0.846. The largest absolute Gasteiger partial charge is 0.306 e. The van der Waals surface area contributed by atoms with Gasteiger partial charge in [0.1, 0.15) is 5.15 Å². The van der Waals surface area contributed by atoms with E-state index in [1.807, 2.05) is 37.4 Å². The van der Waals surface area contributed by atoms with E-state index in [4.69, 9.17) is 11.6 Å². The summed E-state index contributed by atoms with van der Waals surface area (Å²) >= 11 is 7.96. The summed E-state index contributed by atoms with van der Waals surface area (Å²) in [7, 11) is 0. The van der Waals surface area contributed by atoms with Gasteiger partial charge in [-0.05, 0) is 49.1 Å². The Morgan fingerprint density at radius 3 is 2.64 bits per heavy atom. The Hall–Kier alpha value is -1.69. The highest BCUT2D eigenvalue weighted by Crippen LogP contribution is 2.25. The number of nitrogens with one attached hydrogen (secondary N) is 1. The maximum atomic E-state index is 13.4. The van der Waals surface area contributed by atoms with Gasteiger partial charge in [0, 0.05) is 28.4 Å². The number of hydrogen-bond donors (Lipinski definition) is 1. The standard InChI is InChI=1S/C19H17ClF2N2S/c1-11(12-4-6-16(21)17(22)8-12)23-10-14-7-13-3-5-15(25-2)9-18(13)24-19(14)20/h3-9,11,23H,10H2,1-2H3/t11-/m1/s1. The summed E-state index contributed by atoms with van der Waals surface area (Å²) < 4.78 is 26.4. The second-order valence-corrected chi connectivity index (χ2v) is 7.01. The molecule has 130 valence electrons. The molecule has 1 heterocycles. The molecule has 0 aliphatic heterocycles. The van der Waals surface area contributed by atoms with Crippen molar-refractivity contribution < 1.29 is 8.78 Å². The van der Waals surface area contributed by atoms with Crippen LogP contribution in [0.5, 0.6) is 0 Å². The molecule has 3 aromatic rings. The van der Waals surface area contributed by atoms with Crippen LogP contribution in [-0.4, -0.2) is 11.2 Å². The third kappa shape index (κ3) is 4.11. The molecule has 0 unspecified atom stereocenters. The average Bonchev–Trinajstić information content (AvgIpc) is 2.61. The van der Waals surface area contributed by atoms with E-state index in [0.29, 0.717) is 17.3 Å². The Kier molecular flexibility index (Phi) is 5.57. The number of rotatable bonds is 5. The van der Waals surface area contributed by atoms with E-state index in [-0.39, 0.29) is 6.04 Å². The molecule has 2 nitrogen and oxygen atoms in total. The summed E-state index contributed by atoms with van der Waals surface area (Å²) in [5.74, 6) is -1.69. The van der Waals surface area contributed by atoms with Crippen LogP contribution >= 0.6 is 23.4 Å². The summed E-state index contributed by atoms with van der Waals surface area (Å²) in [6.45, 7) is 2.37. The van der Waals surface area contributed by atoms with E-state index >= 15 is 0 Å². The van der Waals surface area contributed by atoms with Gasteiger partial charge in [-0.15, -0.1) is 11.8 Å². The van der Waals surface area contributed by atoms with Gasteiger partial charge in [-0.1, -0.05) is 23.7 Å². The molecule has 0 fully saturated rings. The molecule has 0 aliphatic carbocycles. The number of halogens is 3. The topological polar surface area (TPSA) is 24.9 Å². The molecule has 0 saturated heterocycles. The van der Waals surface area contributed by atoms with Gasteiger partial charge in [0.25, 0.3) is 0 Å². The van der Waals surface area contributed by atoms with Crippen LogP contribution < -0.4 is 5.32 Å². The molecule has 1 atom stereocenters. The maximum absolute atomic E-state index is 13.4. The molecule has 0 saturated carbocycles. The maximum Gasteiger partial charge on any atom is 0.159 e. The lowest BCUT2D eigenvalue weighted by molar-refractivity contribution is 0.500. The Morgan fingerprint density at radius 1 is 1.12 bits per heavy atom. The Morgan fingerprint density at radius 2 is 1.92 bits per heavy atom. The van der Waals surface area contributed by atoms with Gasteiger partial charge in [0.05, 0.1) is 5.52 Å². The van der Waals surface area contributed by atoms with Crippen LogP contribution in [0.2, 0.25) is 5.15 Å². The van der Waals surface area contributed by atoms with Gasteiger partial charge in [-0.2, -0.15) is 0 Å². The van der Waals surface area contributed by atoms with Gasteiger partial charge < -0.3 is 5.32 Å². The zero-order chi connectivity index (χ0) is 18.0. The van der Waals surface area contributed by atoms with Crippen molar-refractivity contribution in [2.24, 2.45) is 0 Å². The number of nitrogens with zero attached hydrogens (tertiary/aromatic N) is 1. The predicted molar refractivity (Wildman–Crippen MR) is 100 cm³/mol. The molecule has 25 heavy (non-hydrogen) atoms. The zero-order valence-electron chi connectivity index (χ0n) is 13.8. The monoisotopic (exact) mass is 378 g/mol. The number of hydrogen-bond acceptors (Lipinski definition) is 3. The smallest absolute Gasteiger partial charge is 0.159 e. The summed E-state index contributed by atoms with van der Waals surface area (Å²) in [4.78, 5) is 5.60. The molecule has 1 aromatic heterocycles. The number of thioether (sulfide) groups is 1. The zero-order valence-corrected chi connectivity index (χ0v) is 15.4. The second kappa shape index (κ2) is 7.68. The third-order valence-electron chi connectivity index (χ3n) is 4.09. The fourth-order valence-electron chi connectivity index (χ4n) is 2.58. The van der Waals surface area contributed by atoms with Gasteiger partial charge in [-0.3, -0.25) is 0 Å². The van der Waals surface area contributed by atoms with Gasteiger partial charge in [-0.25, -0.2) is 13.8 Å². The molecule has 0 radical (unpaired) electrons. The number of aromatic nitrogens is 1. The molecule has 0 aliphatic rings. The van der Waals surface area contributed by atoms with Crippen LogP contribution in [0.4, 0.5) is 8.78 Å². The first-order valence-electron chi connectivity index (χ1n) is 7.79. The number of benzene rings is 2. The van der Waals surface area contributed by atoms with E-state index < -0.39 is 11.6 Å². The van der Waals surface area contributed by atoms with Crippen LogP contribution in [0.3, 0.4) is 0 Å².